The average Bonchev–Trinajstić information content (AvgIpc) is 2.47. The maximum atomic E-state index is 13.3. The number of rotatable bonds is 5. The minimum absolute atomic E-state index is 0.249. The van der Waals surface area contributed by atoms with Crippen molar-refractivity contribution in [2.75, 3.05) is 18.5 Å². The average molecular weight is 287 g/mol. The van der Waals surface area contributed by atoms with Crippen LogP contribution in [-0.2, 0) is 0 Å². The van der Waals surface area contributed by atoms with E-state index < -0.39 is 6.10 Å². The van der Waals surface area contributed by atoms with Crippen molar-refractivity contribution in [1.82, 2.24) is 0 Å². The van der Waals surface area contributed by atoms with Gasteiger partial charge in [0.1, 0.15) is 5.82 Å². The van der Waals surface area contributed by atoms with E-state index in [1.807, 2.05) is 62.2 Å². The first kappa shape index (κ1) is 15.5. The monoisotopic (exact) mass is 287 g/mol. The Morgan fingerprint density at radius 3 is 2.38 bits per heavy atom. The van der Waals surface area contributed by atoms with E-state index in [1.165, 1.54) is 12.1 Å². The van der Waals surface area contributed by atoms with Crippen LogP contribution in [-0.4, -0.2) is 18.7 Å². The molecule has 3 heteroatoms. The van der Waals surface area contributed by atoms with Crippen LogP contribution >= 0.6 is 0 Å². The number of aliphatic hydroxyl groups is 1. The van der Waals surface area contributed by atoms with Crippen LogP contribution in [0.3, 0.4) is 0 Å². The second kappa shape index (κ2) is 6.27. The molecule has 2 rings (SSSR count). The molecule has 112 valence electrons. The molecule has 0 fully saturated rings. The standard InChI is InChI=1S/C18H22FNO/c1-18(2,17(21)14-8-5-4-6-9-14)13-20(3)16-11-7-10-15(19)12-16/h4-12,17,21H,13H2,1-3H3. The van der Waals surface area contributed by atoms with Gasteiger partial charge >= 0.3 is 0 Å². The maximum absolute atomic E-state index is 13.3. The summed E-state index contributed by atoms with van der Waals surface area (Å²) in [5, 5.41) is 10.6. The molecule has 0 bridgehead atoms. The number of hydrogen-bond acceptors (Lipinski definition) is 2. The molecule has 0 radical (unpaired) electrons. The van der Waals surface area contributed by atoms with Crippen molar-refractivity contribution in [2.45, 2.75) is 20.0 Å². The van der Waals surface area contributed by atoms with Crippen molar-refractivity contribution < 1.29 is 9.50 Å². The predicted octanol–water partition coefficient (Wildman–Crippen LogP) is 4.02. The first-order valence-electron chi connectivity index (χ1n) is 7.10. The van der Waals surface area contributed by atoms with Crippen molar-refractivity contribution in [3.63, 3.8) is 0 Å². The van der Waals surface area contributed by atoms with Gasteiger partial charge in [-0.15, -0.1) is 0 Å². The van der Waals surface area contributed by atoms with E-state index in [4.69, 9.17) is 0 Å². The summed E-state index contributed by atoms with van der Waals surface area (Å²) in [7, 11) is 1.91. The molecular weight excluding hydrogens is 265 g/mol. The van der Waals surface area contributed by atoms with Gasteiger partial charge < -0.3 is 10.0 Å². The molecule has 0 aromatic heterocycles. The molecule has 0 saturated carbocycles. The predicted molar refractivity (Wildman–Crippen MR) is 84.9 cm³/mol. The van der Waals surface area contributed by atoms with Crippen LogP contribution in [0.25, 0.3) is 0 Å². The van der Waals surface area contributed by atoms with Crippen LogP contribution in [0.15, 0.2) is 54.6 Å². The number of benzene rings is 2. The van der Waals surface area contributed by atoms with Crippen LogP contribution in [0.4, 0.5) is 10.1 Å². The summed E-state index contributed by atoms with van der Waals surface area (Å²) >= 11 is 0. The third kappa shape index (κ3) is 3.82. The Bertz CT molecular complexity index is 583. The summed E-state index contributed by atoms with van der Waals surface area (Å²) in [4.78, 5) is 1.97. The van der Waals surface area contributed by atoms with Crippen LogP contribution in [0.2, 0.25) is 0 Å². The van der Waals surface area contributed by atoms with Gasteiger partial charge in [-0.1, -0.05) is 50.2 Å². The zero-order valence-corrected chi connectivity index (χ0v) is 12.8. The third-order valence-electron chi connectivity index (χ3n) is 3.75. The van der Waals surface area contributed by atoms with Gasteiger partial charge in [0.15, 0.2) is 0 Å². The summed E-state index contributed by atoms with van der Waals surface area (Å²) < 4.78 is 13.3. The SMILES string of the molecule is CN(CC(C)(C)C(O)c1ccccc1)c1cccc(F)c1. The summed E-state index contributed by atoms with van der Waals surface area (Å²) in [6, 6.07) is 16.1. The number of hydrogen-bond donors (Lipinski definition) is 1. The fourth-order valence-electron chi connectivity index (χ4n) is 2.59. The second-order valence-corrected chi connectivity index (χ2v) is 6.14. The summed E-state index contributed by atoms with van der Waals surface area (Å²) in [5.74, 6) is -0.249. The van der Waals surface area contributed by atoms with E-state index in [-0.39, 0.29) is 11.2 Å². The Labute approximate surface area is 125 Å². The van der Waals surface area contributed by atoms with Gasteiger partial charge in [0.05, 0.1) is 6.10 Å². The van der Waals surface area contributed by atoms with Crippen LogP contribution in [0, 0.1) is 11.2 Å². The maximum Gasteiger partial charge on any atom is 0.125 e. The normalized spacial score (nSPS) is 13.0. The number of anilines is 1. The van der Waals surface area contributed by atoms with E-state index in [2.05, 4.69) is 0 Å². The molecule has 1 unspecified atom stereocenters. The molecule has 0 heterocycles. The molecule has 1 N–H and O–H groups in total. The minimum atomic E-state index is -0.574. The molecular formula is C18H22FNO. The lowest BCUT2D eigenvalue weighted by Gasteiger charge is -2.35. The molecule has 0 aliphatic carbocycles. The van der Waals surface area contributed by atoms with E-state index >= 15 is 0 Å². The highest BCUT2D eigenvalue weighted by atomic mass is 19.1. The van der Waals surface area contributed by atoms with Crippen LogP contribution in [0.5, 0.6) is 0 Å². The lowest BCUT2D eigenvalue weighted by atomic mass is 9.82. The molecule has 0 aliphatic heterocycles. The smallest absolute Gasteiger partial charge is 0.125 e. The van der Waals surface area contributed by atoms with Crippen molar-refractivity contribution in [1.29, 1.82) is 0 Å². The fourth-order valence-corrected chi connectivity index (χ4v) is 2.59. The molecule has 2 aromatic carbocycles. The summed E-state index contributed by atoms with van der Waals surface area (Å²) in [6.45, 7) is 4.65. The highest BCUT2D eigenvalue weighted by Gasteiger charge is 2.30. The Kier molecular flexibility index (Phi) is 4.63. The third-order valence-corrected chi connectivity index (χ3v) is 3.75. The Hall–Kier alpha value is -1.87. The van der Waals surface area contributed by atoms with Crippen molar-refractivity contribution in [3.05, 3.63) is 66.0 Å². The highest BCUT2D eigenvalue weighted by Crippen LogP contribution is 2.34. The van der Waals surface area contributed by atoms with Gasteiger partial charge in [0.25, 0.3) is 0 Å². The zero-order valence-electron chi connectivity index (χ0n) is 12.8. The Morgan fingerprint density at radius 1 is 1.10 bits per heavy atom. The highest BCUT2D eigenvalue weighted by molar-refractivity contribution is 5.46. The lowest BCUT2D eigenvalue weighted by molar-refractivity contribution is 0.0547. The van der Waals surface area contributed by atoms with Gasteiger partial charge in [-0.25, -0.2) is 4.39 Å². The van der Waals surface area contributed by atoms with E-state index in [0.717, 1.165) is 11.3 Å². The summed E-state index contributed by atoms with van der Waals surface area (Å²) in [6.07, 6.45) is -0.574. The quantitative estimate of drug-likeness (QED) is 0.897. The van der Waals surface area contributed by atoms with Gasteiger partial charge in [-0.05, 0) is 23.8 Å². The molecule has 0 spiro atoms. The first-order valence-corrected chi connectivity index (χ1v) is 7.10. The Morgan fingerprint density at radius 2 is 1.76 bits per heavy atom. The van der Waals surface area contributed by atoms with Gasteiger partial charge in [-0.2, -0.15) is 0 Å². The topological polar surface area (TPSA) is 23.5 Å². The molecule has 0 aliphatic rings. The van der Waals surface area contributed by atoms with Gasteiger partial charge in [0, 0.05) is 24.7 Å². The van der Waals surface area contributed by atoms with E-state index in [0.29, 0.717) is 6.54 Å². The van der Waals surface area contributed by atoms with Crippen molar-refractivity contribution in [3.8, 4) is 0 Å². The van der Waals surface area contributed by atoms with Crippen LogP contribution < -0.4 is 4.90 Å². The van der Waals surface area contributed by atoms with Crippen LogP contribution in [0.1, 0.15) is 25.5 Å². The Balaban J connectivity index is 2.13. The number of aliphatic hydroxyl groups excluding tert-OH is 1. The van der Waals surface area contributed by atoms with Crippen molar-refractivity contribution >= 4 is 5.69 Å². The molecule has 1 atom stereocenters. The number of halogens is 1. The van der Waals surface area contributed by atoms with Gasteiger partial charge in [0.2, 0.25) is 0 Å². The zero-order chi connectivity index (χ0) is 15.5. The molecule has 2 nitrogen and oxygen atoms in total. The fraction of sp³-hybridized carbons (Fsp3) is 0.333. The van der Waals surface area contributed by atoms with Gasteiger partial charge in [-0.3, -0.25) is 0 Å². The second-order valence-electron chi connectivity index (χ2n) is 6.14. The van der Waals surface area contributed by atoms with Crippen molar-refractivity contribution in [2.24, 2.45) is 5.41 Å². The van der Waals surface area contributed by atoms with E-state index in [1.54, 1.807) is 6.07 Å². The number of nitrogens with zero attached hydrogens (tertiary/aromatic N) is 1. The van der Waals surface area contributed by atoms with E-state index in [9.17, 15) is 9.50 Å². The minimum Gasteiger partial charge on any atom is -0.388 e. The first-order chi connectivity index (χ1) is 9.90. The lowest BCUT2D eigenvalue weighted by Crippen LogP contribution is -2.36. The molecule has 21 heavy (non-hydrogen) atoms. The molecule has 2 aromatic rings. The summed E-state index contributed by atoms with van der Waals surface area (Å²) in [5.41, 5.74) is 1.35. The molecule has 0 amide bonds. The largest absolute Gasteiger partial charge is 0.388 e. The molecule has 0 saturated heterocycles.